The molecule has 1 heterocycles. The molecule has 0 saturated heterocycles. The standard InChI is InChI=1S/C18H17ClN2O5/c1-10-8-11(2)20-16(19)15(10)18(24)26-9-14(22)21-13-7-5-4-6-12(13)17(23)25-3/h4-8H,9H2,1-3H3,(H,21,22). The normalized spacial score (nSPS) is 10.2. The van der Waals surface area contributed by atoms with Crippen molar-refractivity contribution in [2.75, 3.05) is 19.0 Å². The van der Waals surface area contributed by atoms with Crippen LogP contribution in [-0.2, 0) is 14.3 Å². The third kappa shape index (κ3) is 4.58. The summed E-state index contributed by atoms with van der Waals surface area (Å²) in [5, 5.41) is 2.52. The number of rotatable bonds is 5. The summed E-state index contributed by atoms with van der Waals surface area (Å²) in [5.74, 6) is -1.95. The molecule has 0 unspecified atom stereocenters. The minimum Gasteiger partial charge on any atom is -0.465 e. The lowest BCUT2D eigenvalue weighted by Gasteiger charge is -2.11. The van der Waals surface area contributed by atoms with Crippen LogP contribution in [0.15, 0.2) is 30.3 Å². The van der Waals surface area contributed by atoms with Crippen LogP contribution in [0.5, 0.6) is 0 Å². The highest BCUT2D eigenvalue weighted by atomic mass is 35.5. The second-order valence-electron chi connectivity index (χ2n) is 5.41. The lowest BCUT2D eigenvalue weighted by molar-refractivity contribution is -0.119. The minimum absolute atomic E-state index is 0.0175. The Kier molecular flexibility index (Phi) is 6.30. The molecule has 26 heavy (non-hydrogen) atoms. The molecule has 0 aliphatic heterocycles. The summed E-state index contributed by atoms with van der Waals surface area (Å²) in [7, 11) is 1.24. The van der Waals surface area contributed by atoms with Crippen molar-refractivity contribution in [2.45, 2.75) is 13.8 Å². The molecule has 0 saturated carbocycles. The van der Waals surface area contributed by atoms with Crippen LogP contribution in [-0.4, -0.2) is 36.5 Å². The van der Waals surface area contributed by atoms with E-state index in [0.717, 1.165) is 0 Å². The first-order valence-electron chi connectivity index (χ1n) is 7.61. The third-order valence-corrected chi connectivity index (χ3v) is 3.72. The molecule has 7 nitrogen and oxygen atoms in total. The molecule has 1 amide bonds. The Morgan fingerprint density at radius 2 is 1.85 bits per heavy atom. The first-order valence-corrected chi connectivity index (χ1v) is 7.99. The molecule has 0 aliphatic carbocycles. The second kappa shape index (κ2) is 8.44. The van der Waals surface area contributed by atoms with E-state index in [0.29, 0.717) is 11.3 Å². The van der Waals surface area contributed by atoms with Crippen molar-refractivity contribution in [1.29, 1.82) is 0 Å². The zero-order valence-corrected chi connectivity index (χ0v) is 15.2. The maximum atomic E-state index is 12.2. The zero-order chi connectivity index (χ0) is 19.3. The lowest BCUT2D eigenvalue weighted by atomic mass is 10.1. The van der Waals surface area contributed by atoms with E-state index < -0.39 is 24.5 Å². The number of hydrogen-bond donors (Lipinski definition) is 1. The molecule has 0 radical (unpaired) electrons. The largest absolute Gasteiger partial charge is 0.465 e. The van der Waals surface area contributed by atoms with Crippen LogP contribution in [0.1, 0.15) is 32.0 Å². The van der Waals surface area contributed by atoms with Crippen LogP contribution in [0.4, 0.5) is 5.69 Å². The van der Waals surface area contributed by atoms with Gasteiger partial charge in [0.15, 0.2) is 6.61 Å². The first-order chi connectivity index (χ1) is 12.3. The van der Waals surface area contributed by atoms with Crippen LogP contribution in [0.25, 0.3) is 0 Å². The fourth-order valence-corrected chi connectivity index (χ4v) is 2.67. The molecule has 0 fully saturated rings. The van der Waals surface area contributed by atoms with Crippen LogP contribution in [0, 0.1) is 13.8 Å². The van der Waals surface area contributed by atoms with E-state index >= 15 is 0 Å². The van der Waals surface area contributed by atoms with E-state index in [9.17, 15) is 14.4 Å². The number of anilines is 1. The molecule has 0 aliphatic rings. The van der Waals surface area contributed by atoms with Gasteiger partial charge >= 0.3 is 11.9 Å². The number of aryl methyl sites for hydroxylation is 2. The number of pyridine rings is 1. The van der Waals surface area contributed by atoms with Gasteiger partial charge in [-0.1, -0.05) is 23.7 Å². The van der Waals surface area contributed by atoms with Crippen molar-refractivity contribution in [2.24, 2.45) is 0 Å². The highest BCUT2D eigenvalue weighted by molar-refractivity contribution is 6.32. The summed E-state index contributed by atoms with van der Waals surface area (Å²) < 4.78 is 9.65. The highest BCUT2D eigenvalue weighted by Gasteiger charge is 2.19. The Hall–Kier alpha value is -2.93. The smallest absolute Gasteiger partial charge is 0.342 e. The van der Waals surface area contributed by atoms with Gasteiger partial charge in [0.1, 0.15) is 5.15 Å². The monoisotopic (exact) mass is 376 g/mol. The molecule has 1 aromatic carbocycles. The van der Waals surface area contributed by atoms with Gasteiger partial charge in [-0.25, -0.2) is 14.6 Å². The number of esters is 2. The Morgan fingerprint density at radius 1 is 1.15 bits per heavy atom. The van der Waals surface area contributed by atoms with Gasteiger partial charge in [-0.2, -0.15) is 0 Å². The Labute approximate surface area is 155 Å². The van der Waals surface area contributed by atoms with Gasteiger partial charge < -0.3 is 14.8 Å². The van der Waals surface area contributed by atoms with E-state index in [1.54, 1.807) is 32.0 Å². The summed E-state index contributed by atoms with van der Waals surface area (Å²) >= 11 is 5.98. The van der Waals surface area contributed by atoms with Crippen molar-refractivity contribution in [3.05, 3.63) is 57.9 Å². The van der Waals surface area contributed by atoms with Crippen molar-refractivity contribution in [3.63, 3.8) is 0 Å². The van der Waals surface area contributed by atoms with Crippen molar-refractivity contribution < 1.29 is 23.9 Å². The number of amides is 1. The molecule has 2 rings (SSSR count). The van der Waals surface area contributed by atoms with Crippen LogP contribution >= 0.6 is 11.6 Å². The fraction of sp³-hybridized carbons (Fsp3) is 0.222. The van der Waals surface area contributed by atoms with Gasteiger partial charge in [0.05, 0.1) is 23.9 Å². The van der Waals surface area contributed by atoms with Gasteiger partial charge in [0.25, 0.3) is 5.91 Å². The quantitative estimate of drug-likeness (QED) is 0.636. The van der Waals surface area contributed by atoms with Gasteiger partial charge in [0.2, 0.25) is 0 Å². The minimum atomic E-state index is -0.753. The van der Waals surface area contributed by atoms with Crippen molar-refractivity contribution in [1.82, 2.24) is 4.98 Å². The molecule has 0 spiro atoms. The average molecular weight is 377 g/mol. The maximum Gasteiger partial charge on any atom is 0.342 e. The number of carbonyl (C=O) groups excluding carboxylic acids is 3. The topological polar surface area (TPSA) is 94.6 Å². The number of hydrogen-bond acceptors (Lipinski definition) is 6. The van der Waals surface area contributed by atoms with E-state index in [4.69, 9.17) is 16.3 Å². The zero-order valence-electron chi connectivity index (χ0n) is 14.5. The van der Waals surface area contributed by atoms with E-state index in [-0.39, 0.29) is 22.0 Å². The number of ether oxygens (including phenoxy) is 2. The fourth-order valence-electron chi connectivity index (χ4n) is 2.31. The van der Waals surface area contributed by atoms with Crippen LogP contribution in [0.2, 0.25) is 5.15 Å². The molecule has 8 heteroatoms. The Balaban J connectivity index is 2.04. The van der Waals surface area contributed by atoms with Gasteiger partial charge in [0, 0.05) is 5.69 Å². The Morgan fingerprint density at radius 3 is 2.50 bits per heavy atom. The predicted octanol–water partition coefficient (Wildman–Crippen LogP) is 2.93. The highest BCUT2D eigenvalue weighted by Crippen LogP contribution is 2.20. The molecular weight excluding hydrogens is 360 g/mol. The first kappa shape index (κ1) is 19.4. The molecule has 2 aromatic rings. The summed E-state index contributed by atoms with van der Waals surface area (Å²) in [6.45, 7) is 2.90. The molecule has 136 valence electrons. The van der Waals surface area contributed by atoms with Crippen molar-refractivity contribution in [3.8, 4) is 0 Å². The number of nitrogens with zero attached hydrogens (tertiary/aromatic N) is 1. The number of halogens is 1. The van der Waals surface area contributed by atoms with Crippen molar-refractivity contribution >= 4 is 35.1 Å². The lowest BCUT2D eigenvalue weighted by Crippen LogP contribution is -2.22. The number of carbonyl (C=O) groups is 3. The summed E-state index contributed by atoms with van der Waals surface area (Å²) in [6, 6.07) is 8.02. The Bertz CT molecular complexity index is 843. The van der Waals surface area contributed by atoms with E-state index in [1.165, 1.54) is 19.2 Å². The molecular formula is C18H17ClN2O5. The number of benzene rings is 1. The second-order valence-corrected chi connectivity index (χ2v) is 5.77. The SMILES string of the molecule is COC(=O)c1ccccc1NC(=O)COC(=O)c1c(C)cc(C)nc1Cl. The molecule has 0 bridgehead atoms. The molecule has 1 N–H and O–H groups in total. The predicted molar refractivity (Wildman–Crippen MR) is 95.4 cm³/mol. The summed E-state index contributed by atoms with van der Waals surface area (Å²) in [5.41, 5.74) is 1.83. The van der Waals surface area contributed by atoms with E-state index in [2.05, 4.69) is 15.0 Å². The van der Waals surface area contributed by atoms with E-state index in [1.807, 2.05) is 0 Å². The van der Waals surface area contributed by atoms with Crippen LogP contribution in [0.3, 0.4) is 0 Å². The van der Waals surface area contributed by atoms with Crippen LogP contribution < -0.4 is 5.32 Å². The summed E-state index contributed by atoms with van der Waals surface area (Å²) in [4.78, 5) is 39.9. The summed E-state index contributed by atoms with van der Waals surface area (Å²) in [6.07, 6.45) is 0. The third-order valence-electron chi connectivity index (χ3n) is 3.45. The number of methoxy groups -OCH3 is 1. The average Bonchev–Trinajstić information content (AvgIpc) is 2.59. The van der Waals surface area contributed by atoms with Gasteiger partial charge in [-0.05, 0) is 37.6 Å². The number of aromatic nitrogens is 1. The molecule has 0 atom stereocenters. The number of nitrogens with one attached hydrogen (secondary N) is 1. The maximum absolute atomic E-state index is 12.2. The number of para-hydroxylation sites is 1. The van der Waals surface area contributed by atoms with Gasteiger partial charge in [-0.15, -0.1) is 0 Å². The molecule has 1 aromatic heterocycles. The van der Waals surface area contributed by atoms with Gasteiger partial charge in [-0.3, -0.25) is 4.79 Å².